The number of aromatic nitrogens is 4. The SMILES string of the molecule is Cc1c(S(=O)(=O)NCc2cnn(C)c2)c(N)nn1C. The Morgan fingerprint density at radius 3 is 2.58 bits per heavy atom. The van der Waals surface area contributed by atoms with Crippen LogP contribution >= 0.6 is 0 Å². The molecule has 2 heterocycles. The highest BCUT2D eigenvalue weighted by Gasteiger charge is 2.24. The Morgan fingerprint density at radius 2 is 2.11 bits per heavy atom. The molecule has 2 rings (SSSR count). The quantitative estimate of drug-likeness (QED) is 0.788. The van der Waals surface area contributed by atoms with Crippen LogP contribution in [0.3, 0.4) is 0 Å². The second-order valence-corrected chi connectivity index (χ2v) is 5.97. The highest BCUT2D eigenvalue weighted by atomic mass is 32.2. The van der Waals surface area contributed by atoms with Crippen molar-refractivity contribution in [3.8, 4) is 0 Å². The molecule has 3 N–H and O–H groups in total. The zero-order valence-electron chi connectivity index (χ0n) is 11.0. The van der Waals surface area contributed by atoms with Gasteiger partial charge < -0.3 is 5.73 Å². The van der Waals surface area contributed by atoms with Gasteiger partial charge in [0.05, 0.1) is 11.9 Å². The van der Waals surface area contributed by atoms with Gasteiger partial charge in [-0.05, 0) is 6.92 Å². The number of sulfonamides is 1. The number of nitrogen functional groups attached to an aromatic ring is 1. The molecule has 2 aromatic heterocycles. The van der Waals surface area contributed by atoms with Crippen molar-refractivity contribution in [2.24, 2.45) is 14.1 Å². The van der Waals surface area contributed by atoms with Crippen LogP contribution in [0.1, 0.15) is 11.3 Å². The monoisotopic (exact) mass is 284 g/mol. The van der Waals surface area contributed by atoms with Crippen molar-refractivity contribution in [2.45, 2.75) is 18.4 Å². The number of nitrogens with zero attached hydrogens (tertiary/aromatic N) is 4. The molecule has 0 aliphatic carbocycles. The van der Waals surface area contributed by atoms with E-state index in [4.69, 9.17) is 5.73 Å². The molecule has 8 nitrogen and oxygen atoms in total. The van der Waals surface area contributed by atoms with Crippen molar-refractivity contribution in [2.75, 3.05) is 5.73 Å². The van der Waals surface area contributed by atoms with E-state index >= 15 is 0 Å². The Labute approximate surface area is 111 Å². The molecule has 0 unspecified atom stereocenters. The van der Waals surface area contributed by atoms with Gasteiger partial charge in [0, 0.05) is 32.4 Å². The fourth-order valence-corrected chi connectivity index (χ4v) is 3.10. The van der Waals surface area contributed by atoms with E-state index < -0.39 is 10.0 Å². The first-order valence-corrected chi connectivity index (χ1v) is 7.06. The van der Waals surface area contributed by atoms with Crippen LogP contribution in [0.15, 0.2) is 17.3 Å². The maximum Gasteiger partial charge on any atom is 0.246 e. The second kappa shape index (κ2) is 4.67. The van der Waals surface area contributed by atoms with E-state index in [0.29, 0.717) is 5.69 Å². The highest BCUT2D eigenvalue weighted by Crippen LogP contribution is 2.20. The van der Waals surface area contributed by atoms with Crippen LogP contribution < -0.4 is 10.5 Å². The lowest BCUT2D eigenvalue weighted by Gasteiger charge is -2.05. The van der Waals surface area contributed by atoms with Gasteiger partial charge in [0.2, 0.25) is 10.0 Å². The molecule has 19 heavy (non-hydrogen) atoms. The van der Waals surface area contributed by atoms with Crippen molar-refractivity contribution >= 4 is 15.8 Å². The van der Waals surface area contributed by atoms with Gasteiger partial charge in [0.25, 0.3) is 0 Å². The Bertz CT molecular complexity index is 700. The number of nitrogens with two attached hydrogens (primary N) is 1. The van der Waals surface area contributed by atoms with E-state index in [1.807, 2.05) is 0 Å². The lowest BCUT2D eigenvalue weighted by molar-refractivity contribution is 0.580. The summed E-state index contributed by atoms with van der Waals surface area (Å²) < 4.78 is 29.9. The van der Waals surface area contributed by atoms with Crippen LogP contribution in [0.5, 0.6) is 0 Å². The summed E-state index contributed by atoms with van der Waals surface area (Å²) in [6.07, 6.45) is 3.34. The average Bonchev–Trinajstić information content (AvgIpc) is 2.82. The largest absolute Gasteiger partial charge is 0.381 e. The minimum atomic E-state index is -3.69. The molecule has 9 heteroatoms. The Balaban J connectivity index is 2.23. The molecule has 0 aliphatic heterocycles. The number of anilines is 1. The van der Waals surface area contributed by atoms with E-state index in [1.165, 1.54) is 4.68 Å². The molecule has 0 amide bonds. The van der Waals surface area contributed by atoms with Gasteiger partial charge in [-0.25, -0.2) is 13.1 Å². The third-order valence-corrected chi connectivity index (χ3v) is 4.36. The predicted molar refractivity (Wildman–Crippen MR) is 69.6 cm³/mol. The minimum Gasteiger partial charge on any atom is -0.381 e. The number of aryl methyl sites for hydroxylation is 2. The number of rotatable bonds is 4. The molecule has 0 bridgehead atoms. The van der Waals surface area contributed by atoms with Gasteiger partial charge in [-0.2, -0.15) is 10.2 Å². The molecular weight excluding hydrogens is 268 g/mol. The summed E-state index contributed by atoms with van der Waals surface area (Å²) in [5, 5.41) is 7.86. The minimum absolute atomic E-state index is 0.00122. The molecular formula is C10H16N6O2S. The van der Waals surface area contributed by atoms with Crippen LogP contribution in [-0.4, -0.2) is 28.0 Å². The van der Waals surface area contributed by atoms with Gasteiger partial charge >= 0.3 is 0 Å². The summed E-state index contributed by atoms with van der Waals surface area (Å²) in [6.45, 7) is 1.81. The van der Waals surface area contributed by atoms with Crippen molar-refractivity contribution < 1.29 is 8.42 Å². The second-order valence-electron chi connectivity index (χ2n) is 4.27. The zero-order valence-corrected chi connectivity index (χ0v) is 11.8. The first kappa shape index (κ1) is 13.6. The van der Waals surface area contributed by atoms with Crippen molar-refractivity contribution in [1.82, 2.24) is 24.3 Å². The van der Waals surface area contributed by atoms with E-state index in [9.17, 15) is 8.42 Å². The molecule has 104 valence electrons. The fraction of sp³-hybridized carbons (Fsp3) is 0.400. The summed E-state index contributed by atoms with van der Waals surface area (Å²) in [7, 11) is -0.275. The number of hydrogen-bond acceptors (Lipinski definition) is 5. The molecule has 0 saturated carbocycles. The van der Waals surface area contributed by atoms with E-state index in [-0.39, 0.29) is 17.3 Å². The smallest absolute Gasteiger partial charge is 0.246 e. The molecule has 0 saturated heterocycles. The van der Waals surface area contributed by atoms with Gasteiger partial charge in [-0.15, -0.1) is 0 Å². The van der Waals surface area contributed by atoms with Crippen LogP contribution in [0.2, 0.25) is 0 Å². The highest BCUT2D eigenvalue weighted by molar-refractivity contribution is 7.89. The number of nitrogens with one attached hydrogen (secondary N) is 1. The zero-order chi connectivity index (χ0) is 14.2. The van der Waals surface area contributed by atoms with E-state index in [1.54, 1.807) is 38.1 Å². The van der Waals surface area contributed by atoms with Crippen LogP contribution in [-0.2, 0) is 30.7 Å². The van der Waals surface area contributed by atoms with E-state index in [2.05, 4.69) is 14.9 Å². The topological polar surface area (TPSA) is 108 Å². The summed E-state index contributed by atoms with van der Waals surface area (Å²) in [5.74, 6) is -0.00122. The molecule has 0 fully saturated rings. The Kier molecular flexibility index (Phi) is 3.33. The summed E-state index contributed by atoms with van der Waals surface area (Å²) in [6, 6.07) is 0. The standard InChI is InChI=1S/C10H16N6O2S/c1-7-9(10(11)14-16(7)3)19(17,18)13-5-8-4-12-15(2)6-8/h4,6,13H,5H2,1-3H3,(H2,11,14). The predicted octanol–water partition coefficient (Wildman–Crippen LogP) is -0.477. The third-order valence-electron chi connectivity index (χ3n) is 2.80. The Hall–Kier alpha value is -1.87. The molecule has 0 aliphatic rings. The molecule has 0 aromatic carbocycles. The number of hydrogen-bond donors (Lipinski definition) is 2. The normalized spacial score (nSPS) is 11.9. The van der Waals surface area contributed by atoms with E-state index in [0.717, 1.165) is 5.56 Å². The lowest BCUT2D eigenvalue weighted by Crippen LogP contribution is -2.24. The maximum atomic E-state index is 12.2. The van der Waals surface area contributed by atoms with Gasteiger partial charge in [-0.3, -0.25) is 9.36 Å². The third kappa shape index (κ3) is 2.61. The molecule has 2 aromatic rings. The first-order valence-electron chi connectivity index (χ1n) is 5.57. The first-order chi connectivity index (χ1) is 8.81. The van der Waals surface area contributed by atoms with Crippen molar-refractivity contribution in [3.05, 3.63) is 23.7 Å². The maximum absolute atomic E-state index is 12.2. The summed E-state index contributed by atoms with van der Waals surface area (Å²) >= 11 is 0. The van der Waals surface area contributed by atoms with Gasteiger partial charge in [0.15, 0.2) is 5.82 Å². The average molecular weight is 284 g/mol. The van der Waals surface area contributed by atoms with Crippen LogP contribution in [0.4, 0.5) is 5.82 Å². The molecule has 0 atom stereocenters. The van der Waals surface area contributed by atoms with Crippen molar-refractivity contribution in [3.63, 3.8) is 0 Å². The lowest BCUT2D eigenvalue weighted by atomic mass is 10.4. The van der Waals surface area contributed by atoms with Crippen LogP contribution in [0.25, 0.3) is 0 Å². The summed E-state index contributed by atoms with van der Waals surface area (Å²) in [5.41, 5.74) is 6.90. The van der Waals surface area contributed by atoms with Crippen molar-refractivity contribution in [1.29, 1.82) is 0 Å². The van der Waals surface area contributed by atoms with Gasteiger partial charge in [-0.1, -0.05) is 0 Å². The Morgan fingerprint density at radius 1 is 1.42 bits per heavy atom. The van der Waals surface area contributed by atoms with Crippen LogP contribution in [0, 0.1) is 6.92 Å². The molecule has 0 radical (unpaired) electrons. The fourth-order valence-electron chi connectivity index (χ4n) is 1.76. The molecule has 0 spiro atoms. The summed E-state index contributed by atoms with van der Waals surface area (Å²) in [4.78, 5) is 0.0268. The van der Waals surface area contributed by atoms with Gasteiger partial charge in [0.1, 0.15) is 4.90 Å².